The van der Waals surface area contributed by atoms with Gasteiger partial charge in [0.15, 0.2) is 5.11 Å². The topological polar surface area (TPSA) is 48.1 Å². The molecule has 0 radical (unpaired) electrons. The van der Waals surface area contributed by atoms with Gasteiger partial charge in [-0.3, -0.25) is 4.79 Å². The van der Waals surface area contributed by atoms with Gasteiger partial charge < -0.3 is 15.2 Å². The van der Waals surface area contributed by atoms with Crippen molar-refractivity contribution in [2.24, 2.45) is 0 Å². The summed E-state index contributed by atoms with van der Waals surface area (Å²) in [6, 6.07) is 28.7. The fourth-order valence-corrected chi connectivity index (χ4v) is 4.26. The molecule has 0 spiro atoms. The van der Waals surface area contributed by atoms with E-state index < -0.39 is 0 Å². The molecule has 1 aromatic heterocycles. The molecule has 0 aliphatic carbocycles. The van der Waals surface area contributed by atoms with Crippen LogP contribution in [0.1, 0.15) is 42.1 Å². The lowest BCUT2D eigenvalue weighted by molar-refractivity contribution is 0.392. The number of hydrogen-bond donors (Lipinski definition) is 2. The van der Waals surface area contributed by atoms with Crippen molar-refractivity contribution >= 4 is 28.2 Å². The SMILES string of the molecule is CCc1ccc2[nH]c(=O)c(CN(Cc3ccccc3)C(=S)N[C@@H](C)c3ccccc3)cc2c1. The van der Waals surface area contributed by atoms with E-state index in [9.17, 15) is 4.79 Å². The number of aryl methyl sites for hydroxylation is 1. The van der Waals surface area contributed by atoms with Crippen molar-refractivity contribution in [3.63, 3.8) is 0 Å². The summed E-state index contributed by atoms with van der Waals surface area (Å²) in [7, 11) is 0. The highest BCUT2D eigenvalue weighted by molar-refractivity contribution is 7.80. The van der Waals surface area contributed by atoms with Crippen LogP contribution in [0.5, 0.6) is 0 Å². The van der Waals surface area contributed by atoms with Gasteiger partial charge in [0.05, 0.1) is 12.6 Å². The molecule has 0 amide bonds. The molecule has 4 rings (SSSR count). The summed E-state index contributed by atoms with van der Waals surface area (Å²) >= 11 is 5.83. The summed E-state index contributed by atoms with van der Waals surface area (Å²) in [5, 5.41) is 5.12. The van der Waals surface area contributed by atoms with E-state index in [1.807, 2.05) is 48.5 Å². The van der Waals surface area contributed by atoms with Gasteiger partial charge in [-0.1, -0.05) is 73.7 Å². The van der Waals surface area contributed by atoms with Crippen LogP contribution < -0.4 is 10.9 Å². The number of nitrogens with zero attached hydrogens (tertiary/aromatic N) is 1. The van der Waals surface area contributed by atoms with Gasteiger partial charge in [0, 0.05) is 17.6 Å². The number of H-pyrrole nitrogens is 1. The van der Waals surface area contributed by atoms with Crippen LogP contribution in [0.4, 0.5) is 0 Å². The quantitative estimate of drug-likeness (QED) is 0.350. The third-order valence-electron chi connectivity index (χ3n) is 5.90. The van der Waals surface area contributed by atoms with Crippen LogP contribution in [0.2, 0.25) is 0 Å². The molecule has 0 saturated carbocycles. The Balaban J connectivity index is 1.62. The monoisotopic (exact) mass is 455 g/mol. The Morgan fingerprint density at radius 1 is 0.939 bits per heavy atom. The van der Waals surface area contributed by atoms with Gasteiger partial charge in [-0.05, 0) is 65.8 Å². The van der Waals surface area contributed by atoms with Crippen LogP contribution in [0, 0.1) is 0 Å². The highest BCUT2D eigenvalue weighted by Crippen LogP contribution is 2.17. The second-order valence-electron chi connectivity index (χ2n) is 8.32. The lowest BCUT2D eigenvalue weighted by atomic mass is 10.1. The first-order valence-electron chi connectivity index (χ1n) is 11.3. The summed E-state index contributed by atoms with van der Waals surface area (Å²) in [5.74, 6) is 0. The molecule has 1 atom stereocenters. The Kier molecular flexibility index (Phi) is 7.20. The smallest absolute Gasteiger partial charge is 0.253 e. The molecule has 1 heterocycles. The van der Waals surface area contributed by atoms with Crippen molar-refractivity contribution in [1.29, 1.82) is 0 Å². The van der Waals surface area contributed by atoms with Crippen molar-refractivity contribution in [2.45, 2.75) is 39.4 Å². The number of aromatic amines is 1. The van der Waals surface area contributed by atoms with Crippen LogP contribution in [0.3, 0.4) is 0 Å². The second-order valence-corrected chi connectivity index (χ2v) is 8.71. The lowest BCUT2D eigenvalue weighted by Gasteiger charge is -2.28. The zero-order valence-electron chi connectivity index (χ0n) is 19.0. The Bertz CT molecular complexity index is 1290. The van der Waals surface area contributed by atoms with E-state index in [4.69, 9.17) is 12.2 Å². The average molecular weight is 456 g/mol. The summed E-state index contributed by atoms with van der Waals surface area (Å²) < 4.78 is 0. The van der Waals surface area contributed by atoms with Crippen LogP contribution in [-0.4, -0.2) is 15.0 Å². The molecular formula is C28H29N3OS. The fraction of sp³-hybridized carbons (Fsp3) is 0.214. The Hall–Kier alpha value is -3.44. The standard InChI is InChI=1S/C28H29N3OS/c1-3-21-14-15-26-24(16-21)17-25(27(32)30-26)19-31(18-22-10-6-4-7-11-22)28(33)29-20(2)23-12-8-5-9-13-23/h4-17,20H,3,18-19H2,1-2H3,(H,29,33)(H,30,32)/t20-/m0/s1. The van der Waals surface area contributed by atoms with Crippen molar-refractivity contribution < 1.29 is 0 Å². The van der Waals surface area contributed by atoms with E-state index >= 15 is 0 Å². The molecule has 2 N–H and O–H groups in total. The molecule has 0 unspecified atom stereocenters. The van der Waals surface area contributed by atoms with Crippen LogP contribution in [-0.2, 0) is 19.5 Å². The molecule has 4 nitrogen and oxygen atoms in total. The second kappa shape index (κ2) is 10.5. The normalized spacial score (nSPS) is 11.8. The first-order chi connectivity index (χ1) is 16.0. The minimum absolute atomic E-state index is 0.0546. The number of benzene rings is 3. The molecular weight excluding hydrogens is 426 g/mol. The fourth-order valence-electron chi connectivity index (χ4n) is 3.95. The third kappa shape index (κ3) is 5.68. The Labute approximate surface area is 200 Å². The van der Waals surface area contributed by atoms with E-state index in [0.717, 1.165) is 28.5 Å². The summed E-state index contributed by atoms with van der Waals surface area (Å²) in [5.41, 5.74) is 5.02. The predicted octanol–water partition coefficient (Wildman–Crippen LogP) is 5.73. The first-order valence-corrected chi connectivity index (χ1v) is 11.7. The molecule has 4 aromatic rings. The lowest BCUT2D eigenvalue weighted by Crippen LogP contribution is -2.41. The predicted molar refractivity (Wildman–Crippen MR) is 140 cm³/mol. The maximum absolute atomic E-state index is 12.9. The Morgan fingerprint density at radius 2 is 1.64 bits per heavy atom. The summed E-state index contributed by atoms with van der Waals surface area (Å²) in [6.07, 6.45) is 0.954. The molecule has 3 aromatic carbocycles. The van der Waals surface area contributed by atoms with Gasteiger partial charge in [-0.2, -0.15) is 0 Å². The Morgan fingerprint density at radius 3 is 2.33 bits per heavy atom. The van der Waals surface area contributed by atoms with Gasteiger partial charge in [0.1, 0.15) is 0 Å². The van der Waals surface area contributed by atoms with Crippen LogP contribution in [0.15, 0.2) is 89.7 Å². The maximum atomic E-state index is 12.9. The number of nitrogens with one attached hydrogen (secondary N) is 2. The van der Waals surface area contributed by atoms with Crippen molar-refractivity contribution in [3.8, 4) is 0 Å². The number of rotatable bonds is 7. The van der Waals surface area contributed by atoms with Crippen molar-refractivity contribution in [1.82, 2.24) is 15.2 Å². The van der Waals surface area contributed by atoms with E-state index in [2.05, 4.69) is 65.4 Å². The van der Waals surface area contributed by atoms with Gasteiger partial charge in [-0.15, -0.1) is 0 Å². The van der Waals surface area contributed by atoms with Crippen LogP contribution in [0.25, 0.3) is 10.9 Å². The third-order valence-corrected chi connectivity index (χ3v) is 6.27. The average Bonchev–Trinajstić information content (AvgIpc) is 2.84. The molecule has 0 bridgehead atoms. The van der Waals surface area contributed by atoms with Crippen molar-refractivity contribution in [3.05, 3.63) is 118 Å². The largest absolute Gasteiger partial charge is 0.356 e. The van der Waals surface area contributed by atoms with E-state index in [1.165, 1.54) is 5.56 Å². The minimum Gasteiger partial charge on any atom is -0.356 e. The number of fused-ring (bicyclic) bond motifs is 1. The molecule has 0 aliphatic rings. The van der Waals surface area contributed by atoms with Gasteiger partial charge in [0.2, 0.25) is 0 Å². The van der Waals surface area contributed by atoms with Crippen LogP contribution >= 0.6 is 12.2 Å². The number of pyridine rings is 1. The molecule has 0 fully saturated rings. The van der Waals surface area contributed by atoms with Gasteiger partial charge >= 0.3 is 0 Å². The molecule has 5 heteroatoms. The zero-order chi connectivity index (χ0) is 23.2. The maximum Gasteiger partial charge on any atom is 0.253 e. The number of aromatic nitrogens is 1. The first kappa shape index (κ1) is 22.7. The molecule has 0 saturated heterocycles. The van der Waals surface area contributed by atoms with E-state index in [1.54, 1.807) is 0 Å². The van der Waals surface area contributed by atoms with Crippen molar-refractivity contribution in [2.75, 3.05) is 0 Å². The number of hydrogen-bond acceptors (Lipinski definition) is 2. The highest BCUT2D eigenvalue weighted by atomic mass is 32.1. The summed E-state index contributed by atoms with van der Waals surface area (Å²) in [6.45, 7) is 5.26. The zero-order valence-corrected chi connectivity index (χ0v) is 19.9. The van der Waals surface area contributed by atoms with E-state index in [0.29, 0.717) is 23.8 Å². The molecule has 33 heavy (non-hydrogen) atoms. The molecule has 168 valence electrons. The summed E-state index contributed by atoms with van der Waals surface area (Å²) in [4.78, 5) is 18.0. The highest BCUT2D eigenvalue weighted by Gasteiger charge is 2.16. The number of thiocarbonyl (C=S) groups is 1. The van der Waals surface area contributed by atoms with Gasteiger partial charge in [0.25, 0.3) is 5.56 Å². The van der Waals surface area contributed by atoms with Gasteiger partial charge in [-0.25, -0.2) is 0 Å². The minimum atomic E-state index is -0.0799. The molecule has 0 aliphatic heterocycles. The van der Waals surface area contributed by atoms with E-state index in [-0.39, 0.29) is 11.6 Å².